The minimum absolute atomic E-state index is 0.249. The average molecular weight is 204 g/mol. The number of pyridine rings is 1. The Labute approximate surface area is 92.3 Å². The Morgan fingerprint density at radius 3 is 2.47 bits per heavy atom. The maximum atomic E-state index is 4.54. The highest BCUT2D eigenvalue weighted by Gasteiger charge is 2.29. The summed E-state index contributed by atoms with van der Waals surface area (Å²) >= 11 is 0. The van der Waals surface area contributed by atoms with Gasteiger partial charge in [0.25, 0.3) is 0 Å². The Morgan fingerprint density at radius 2 is 1.87 bits per heavy atom. The Hall–Kier alpha value is -0.890. The van der Waals surface area contributed by atoms with Gasteiger partial charge in [-0.05, 0) is 51.8 Å². The number of hydrogen-bond acceptors (Lipinski definition) is 2. The molecule has 0 saturated carbocycles. The molecule has 1 aliphatic rings. The highest BCUT2D eigenvalue weighted by Crippen LogP contribution is 2.30. The topological polar surface area (TPSA) is 16.1 Å². The van der Waals surface area contributed by atoms with Gasteiger partial charge >= 0.3 is 0 Å². The molecule has 0 atom stereocenters. The van der Waals surface area contributed by atoms with E-state index in [1.807, 2.05) is 0 Å². The number of fused-ring (bicyclic) bond motifs is 1. The lowest BCUT2D eigenvalue weighted by atomic mass is 10.1. The fraction of sp³-hybridized carbons (Fsp3) is 0.615. The summed E-state index contributed by atoms with van der Waals surface area (Å²) in [6, 6.07) is 2.23. The van der Waals surface area contributed by atoms with Gasteiger partial charge in [-0.2, -0.15) is 0 Å². The summed E-state index contributed by atoms with van der Waals surface area (Å²) in [7, 11) is 0. The molecule has 0 N–H and O–H groups in total. The van der Waals surface area contributed by atoms with Crippen molar-refractivity contribution in [1.82, 2.24) is 9.88 Å². The smallest absolute Gasteiger partial charge is 0.0424 e. The van der Waals surface area contributed by atoms with E-state index in [0.717, 1.165) is 18.8 Å². The van der Waals surface area contributed by atoms with Crippen molar-refractivity contribution in [1.29, 1.82) is 0 Å². The van der Waals surface area contributed by atoms with Gasteiger partial charge in [-0.25, -0.2) is 0 Å². The van der Waals surface area contributed by atoms with Gasteiger partial charge < -0.3 is 0 Å². The van der Waals surface area contributed by atoms with Crippen LogP contribution in [0.25, 0.3) is 0 Å². The molecular formula is C13H20N2. The molecule has 2 heterocycles. The molecule has 1 aromatic heterocycles. The van der Waals surface area contributed by atoms with Crippen LogP contribution in [0.5, 0.6) is 0 Å². The maximum Gasteiger partial charge on any atom is 0.0424 e. The second kappa shape index (κ2) is 3.31. The van der Waals surface area contributed by atoms with Crippen molar-refractivity contribution in [3.63, 3.8) is 0 Å². The third-order valence-corrected chi connectivity index (χ3v) is 3.21. The summed E-state index contributed by atoms with van der Waals surface area (Å²) in [6.07, 6.45) is 0. The Morgan fingerprint density at radius 1 is 1.20 bits per heavy atom. The summed E-state index contributed by atoms with van der Waals surface area (Å²) in [5.74, 6) is 0. The van der Waals surface area contributed by atoms with Crippen LogP contribution >= 0.6 is 0 Å². The maximum absolute atomic E-state index is 4.54. The van der Waals surface area contributed by atoms with E-state index in [-0.39, 0.29) is 5.54 Å². The van der Waals surface area contributed by atoms with Crippen molar-refractivity contribution in [3.8, 4) is 0 Å². The minimum atomic E-state index is 0.249. The van der Waals surface area contributed by atoms with Gasteiger partial charge in [0, 0.05) is 30.0 Å². The second-order valence-electron chi connectivity index (χ2n) is 5.51. The standard InChI is InChI=1S/C13H20N2/c1-9-6-11-7-15(13(3,4)5)8-12(11)10(2)14-9/h6H,7-8H2,1-5H3. The molecule has 2 rings (SSSR count). The predicted octanol–water partition coefficient (Wildman–Crippen LogP) is 2.81. The van der Waals surface area contributed by atoms with Crippen LogP contribution in [0.15, 0.2) is 6.07 Å². The first-order valence-electron chi connectivity index (χ1n) is 5.59. The third kappa shape index (κ3) is 1.91. The molecule has 2 heteroatoms. The van der Waals surface area contributed by atoms with Crippen molar-refractivity contribution in [2.45, 2.75) is 53.2 Å². The molecule has 0 bridgehead atoms. The molecule has 0 saturated heterocycles. The van der Waals surface area contributed by atoms with E-state index in [9.17, 15) is 0 Å². The van der Waals surface area contributed by atoms with Crippen LogP contribution < -0.4 is 0 Å². The molecule has 0 amide bonds. The summed E-state index contributed by atoms with van der Waals surface area (Å²) < 4.78 is 0. The lowest BCUT2D eigenvalue weighted by Crippen LogP contribution is -2.36. The zero-order valence-electron chi connectivity index (χ0n) is 10.4. The van der Waals surface area contributed by atoms with E-state index in [4.69, 9.17) is 0 Å². The van der Waals surface area contributed by atoms with Gasteiger partial charge in [-0.3, -0.25) is 9.88 Å². The number of rotatable bonds is 0. The SMILES string of the molecule is Cc1cc2c(c(C)n1)CN(C(C)(C)C)C2. The van der Waals surface area contributed by atoms with E-state index in [1.165, 1.54) is 16.8 Å². The average Bonchev–Trinajstić information content (AvgIpc) is 2.46. The van der Waals surface area contributed by atoms with E-state index >= 15 is 0 Å². The molecule has 15 heavy (non-hydrogen) atoms. The molecule has 0 spiro atoms. The van der Waals surface area contributed by atoms with E-state index in [2.05, 4.69) is 50.6 Å². The van der Waals surface area contributed by atoms with Gasteiger partial charge in [-0.1, -0.05) is 0 Å². The quantitative estimate of drug-likeness (QED) is 0.646. The molecule has 0 unspecified atom stereocenters. The summed E-state index contributed by atoms with van der Waals surface area (Å²) in [5, 5.41) is 0. The van der Waals surface area contributed by atoms with Gasteiger partial charge in [0.1, 0.15) is 0 Å². The fourth-order valence-electron chi connectivity index (χ4n) is 2.22. The van der Waals surface area contributed by atoms with Crippen LogP contribution in [0.4, 0.5) is 0 Å². The summed E-state index contributed by atoms with van der Waals surface area (Å²) in [6.45, 7) is 13.1. The Bertz CT molecular complexity index is 388. The van der Waals surface area contributed by atoms with Crippen molar-refractivity contribution >= 4 is 0 Å². The van der Waals surface area contributed by atoms with Crippen molar-refractivity contribution < 1.29 is 0 Å². The highest BCUT2D eigenvalue weighted by atomic mass is 15.2. The lowest BCUT2D eigenvalue weighted by Gasteiger charge is -2.31. The normalized spacial score (nSPS) is 16.9. The van der Waals surface area contributed by atoms with Crippen LogP contribution in [0.1, 0.15) is 43.3 Å². The first kappa shape index (κ1) is 10.6. The molecule has 82 valence electrons. The van der Waals surface area contributed by atoms with Gasteiger partial charge in [0.05, 0.1) is 0 Å². The fourth-order valence-corrected chi connectivity index (χ4v) is 2.22. The highest BCUT2D eigenvalue weighted by molar-refractivity contribution is 5.35. The number of aromatic nitrogens is 1. The number of hydrogen-bond donors (Lipinski definition) is 0. The van der Waals surface area contributed by atoms with Gasteiger partial charge in [-0.15, -0.1) is 0 Å². The second-order valence-corrected chi connectivity index (χ2v) is 5.51. The monoisotopic (exact) mass is 204 g/mol. The van der Waals surface area contributed by atoms with Gasteiger partial charge in [0.15, 0.2) is 0 Å². The molecule has 0 radical (unpaired) electrons. The zero-order valence-corrected chi connectivity index (χ0v) is 10.4. The number of aryl methyl sites for hydroxylation is 2. The lowest BCUT2D eigenvalue weighted by molar-refractivity contribution is 0.136. The van der Waals surface area contributed by atoms with Crippen LogP contribution in [-0.2, 0) is 13.1 Å². The summed E-state index contributed by atoms with van der Waals surface area (Å²) in [4.78, 5) is 7.04. The molecule has 2 nitrogen and oxygen atoms in total. The van der Waals surface area contributed by atoms with Gasteiger partial charge in [0.2, 0.25) is 0 Å². The molecule has 1 aromatic rings. The number of nitrogens with zero attached hydrogens (tertiary/aromatic N) is 2. The first-order chi connectivity index (χ1) is 6.88. The minimum Gasteiger partial charge on any atom is -0.290 e. The third-order valence-electron chi connectivity index (χ3n) is 3.21. The van der Waals surface area contributed by atoms with E-state index in [0.29, 0.717) is 0 Å². The molecule has 0 aromatic carbocycles. The predicted molar refractivity (Wildman–Crippen MR) is 62.7 cm³/mol. The molecule has 0 fully saturated rings. The van der Waals surface area contributed by atoms with Crippen LogP contribution in [0.3, 0.4) is 0 Å². The van der Waals surface area contributed by atoms with Crippen molar-refractivity contribution in [2.24, 2.45) is 0 Å². The van der Waals surface area contributed by atoms with Crippen molar-refractivity contribution in [3.05, 3.63) is 28.6 Å². The van der Waals surface area contributed by atoms with Crippen LogP contribution in [0, 0.1) is 13.8 Å². The van der Waals surface area contributed by atoms with E-state index in [1.54, 1.807) is 0 Å². The Kier molecular flexibility index (Phi) is 2.34. The first-order valence-corrected chi connectivity index (χ1v) is 5.59. The largest absolute Gasteiger partial charge is 0.290 e. The van der Waals surface area contributed by atoms with Crippen molar-refractivity contribution in [2.75, 3.05) is 0 Å². The van der Waals surface area contributed by atoms with E-state index < -0.39 is 0 Å². The zero-order chi connectivity index (χ0) is 11.2. The van der Waals surface area contributed by atoms with Crippen LogP contribution in [-0.4, -0.2) is 15.4 Å². The molecule has 1 aliphatic heterocycles. The Balaban J connectivity index is 2.35. The van der Waals surface area contributed by atoms with Crippen LogP contribution in [0.2, 0.25) is 0 Å². The molecular weight excluding hydrogens is 184 g/mol. The molecule has 0 aliphatic carbocycles. The summed E-state index contributed by atoms with van der Waals surface area (Å²) in [5.41, 5.74) is 5.50.